The average molecular weight is 234 g/mol. The molecule has 0 aliphatic rings. The van der Waals surface area contributed by atoms with Gasteiger partial charge in [-0.25, -0.2) is 0 Å². The predicted octanol–water partition coefficient (Wildman–Crippen LogP) is 3.79. The Labute approximate surface area is 106 Å². The molecule has 0 amide bonds. The van der Waals surface area contributed by atoms with Crippen LogP contribution in [-0.2, 0) is 0 Å². The van der Waals surface area contributed by atoms with Crippen LogP contribution in [0.4, 0.5) is 5.69 Å². The van der Waals surface area contributed by atoms with Crippen LogP contribution in [0.15, 0.2) is 54.7 Å². The Bertz CT molecular complexity index is 717. The number of hydrogen-bond donors (Lipinski definition) is 1. The van der Waals surface area contributed by atoms with Crippen molar-refractivity contribution in [2.24, 2.45) is 0 Å². The molecule has 2 heteroatoms. The Morgan fingerprint density at radius 2 is 1.78 bits per heavy atom. The maximum absolute atomic E-state index is 5.99. The molecule has 88 valence electrons. The number of aryl methyl sites for hydroxylation is 1. The van der Waals surface area contributed by atoms with Gasteiger partial charge in [0.1, 0.15) is 0 Å². The number of benzene rings is 2. The highest BCUT2D eigenvalue weighted by molar-refractivity contribution is 5.93. The van der Waals surface area contributed by atoms with E-state index in [-0.39, 0.29) is 0 Å². The molecule has 0 spiro atoms. The monoisotopic (exact) mass is 234 g/mol. The minimum Gasteiger partial charge on any atom is -0.398 e. The lowest BCUT2D eigenvalue weighted by Crippen LogP contribution is -1.89. The van der Waals surface area contributed by atoms with Crippen molar-refractivity contribution in [3.8, 4) is 11.1 Å². The highest BCUT2D eigenvalue weighted by Gasteiger charge is 2.02. The van der Waals surface area contributed by atoms with E-state index in [0.717, 1.165) is 16.6 Å². The Morgan fingerprint density at radius 1 is 0.944 bits per heavy atom. The van der Waals surface area contributed by atoms with Crippen LogP contribution in [0.3, 0.4) is 0 Å². The van der Waals surface area contributed by atoms with Gasteiger partial charge in [0, 0.05) is 17.3 Å². The molecule has 0 radical (unpaired) electrons. The van der Waals surface area contributed by atoms with E-state index in [1.54, 1.807) is 6.20 Å². The molecule has 3 rings (SSSR count). The van der Waals surface area contributed by atoms with Crippen LogP contribution in [0, 0.1) is 6.92 Å². The Hall–Kier alpha value is -2.35. The van der Waals surface area contributed by atoms with E-state index in [4.69, 9.17) is 5.73 Å². The number of nitrogens with two attached hydrogens (primary N) is 1. The zero-order valence-corrected chi connectivity index (χ0v) is 10.2. The first-order valence-electron chi connectivity index (χ1n) is 5.95. The fourth-order valence-corrected chi connectivity index (χ4v) is 2.17. The second-order valence-electron chi connectivity index (χ2n) is 4.50. The summed E-state index contributed by atoms with van der Waals surface area (Å²) in [6, 6.07) is 16.5. The first-order chi connectivity index (χ1) is 8.74. The van der Waals surface area contributed by atoms with Gasteiger partial charge in [0.15, 0.2) is 0 Å². The lowest BCUT2D eigenvalue weighted by molar-refractivity contribution is 1.41. The fourth-order valence-electron chi connectivity index (χ4n) is 2.17. The molecule has 0 unspecified atom stereocenters. The van der Waals surface area contributed by atoms with Gasteiger partial charge in [-0.05, 0) is 36.2 Å². The SMILES string of the molecule is Cc1cccc(-c2ccc3nccc(N)c3c2)c1. The molecule has 3 aromatic rings. The summed E-state index contributed by atoms with van der Waals surface area (Å²) in [6.45, 7) is 2.10. The van der Waals surface area contributed by atoms with Gasteiger partial charge in [0.25, 0.3) is 0 Å². The van der Waals surface area contributed by atoms with Gasteiger partial charge in [-0.3, -0.25) is 4.98 Å². The Morgan fingerprint density at radius 3 is 2.61 bits per heavy atom. The van der Waals surface area contributed by atoms with Crippen LogP contribution in [0.25, 0.3) is 22.0 Å². The maximum Gasteiger partial charge on any atom is 0.0723 e. The van der Waals surface area contributed by atoms with Crippen LogP contribution < -0.4 is 5.73 Å². The topological polar surface area (TPSA) is 38.9 Å². The molecule has 2 nitrogen and oxygen atoms in total. The zero-order valence-electron chi connectivity index (χ0n) is 10.2. The molecule has 18 heavy (non-hydrogen) atoms. The first kappa shape index (κ1) is 10.8. The molecule has 1 aromatic heterocycles. The first-order valence-corrected chi connectivity index (χ1v) is 5.95. The second kappa shape index (κ2) is 4.15. The summed E-state index contributed by atoms with van der Waals surface area (Å²) in [5.74, 6) is 0. The third kappa shape index (κ3) is 1.82. The lowest BCUT2D eigenvalue weighted by Gasteiger charge is -2.06. The largest absolute Gasteiger partial charge is 0.398 e. The minimum absolute atomic E-state index is 0.773. The third-order valence-corrected chi connectivity index (χ3v) is 3.13. The van der Waals surface area contributed by atoms with Crippen molar-refractivity contribution >= 4 is 16.6 Å². The number of hydrogen-bond acceptors (Lipinski definition) is 2. The number of fused-ring (bicyclic) bond motifs is 1. The van der Waals surface area contributed by atoms with Crippen LogP contribution >= 0.6 is 0 Å². The quantitative estimate of drug-likeness (QED) is 0.695. The molecule has 2 aromatic carbocycles. The van der Waals surface area contributed by atoms with E-state index in [1.807, 2.05) is 12.1 Å². The zero-order chi connectivity index (χ0) is 12.5. The summed E-state index contributed by atoms with van der Waals surface area (Å²) in [6.07, 6.45) is 1.74. The van der Waals surface area contributed by atoms with Gasteiger partial charge >= 0.3 is 0 Å². The van der Waals surface area contributed by atoms with Gasteiger partial charge in [0.05, 0.1) is 5.52 Å². The van der Waals surface area contributed by atoms with Crippen LogP contribution in [0.2, 0.25) is 0 Å². The number of anilines is 1. The summed E-state index contributed by atoms with van der Waals surface area (Å²) in [5, 5.41) is 1.01. The van der Waals surface area contributed by atoms with E-state index < -0.39 is 0 Å². The molecule has 0 saturated heterocycles. The van der Waals surface area contributed by atoms with Crippen molar-refractivity contribution in [2.45, 2.75) is 6.92 Å². The third-order valence-electron chi connectivity index (χ3n) is 3.13. The lowest BCUT2D eigenvalue weighted by atomic mass is 10.0. The minimum atomic E-state index is 0.773. The van der Waals surface area contributed by atoms with E-state index in [0.29, 0.717) is 0 Å². The van der Waals surface area contributed by atoms with E-state index in [9.17, 15) is 0 Å². The molecule has 0 aliphatic carbocycles. The highest BCUT2D eigenvalue weighted by atomic mass is 14.7. The van der Waals surface area contributed by atoms with Crippen molar-refractivity contribution in [2.75, 3.05) is 5.73 Å². The highest BCUT2D eigenvalue weighted by Crippen LogP contribution is 2.26. The van der Waals surface area contributed by atoms with Crippen LogP contribution in [0.5, 0.6) is 0 Å². The molecule has 1 heterocycles. The summed E-state index contributed by atoms with van der Waals surface area (Å²) < 4.78 is 0. The second-order valence-corrected chi connectivity index (χ2v) is 4.50. The van der Waals surface area contributed by atoms with Crippen molar-refractivity contribution in [3.05, 3.63) is 60.3 Å². The molecule has 0 atom stereocenters. The smallest absolute Gasteiger partial charge is 0.0723 e. The number of rotatable bonds is 1. The number of nitrogen functional groups attached to an aromatic ring is 1. The summed E-state index contributed by atoms with van der Waals surface area (Å²) in [7, 11) is 0. The standard InChI is InChI=1S/C16H14N2/c1-11-3-2-4-12(9-11)13-5-6-16-14(10-13)15(17)7-8-18-16/h2-10H,1H3,(H2,17,18). The molecule has 0 saturated carbocycles. The van der Waals surface area contributed by atoms with E-state index in [1.165, 1.54) is 16.7 Å². The van der Waals surface area contributed by atoms with Crippen molar-refractivity contribution < 1.29 is 0 Å². The van der Waals surface area contributed by atoms with E-state index in [2.05, 4.69) is 48.3 Å². The fraction of sp³-hybridized carbons (Fsp3) is 0.0625. The van der Waals surface area contributed by atoms with Gasteiger partial charge in [-0.2, -0.15) is 0 Å². The summed E-state index contributed by atoms with van der Waals surface area (Å²) in [5.41, 5.74) is 11.3. The van der Waals surface area contributed by atoms with Crippen LogP contribution in [-0.4, -0.2) is 4.98 Å². The van der Waals surface area contributed by atoms with E-state index >= 15 is 0 Å². The Kier molecular flexibility index (Phi) is 2.49. The van der Waals surface area contributed by atoms with Crippen molar-refractivity contribution in [1.29, 1.82) is 0 Å². The number of aromatic nitrogens is 1. The Balaban J connectivity index is 2.22. The van der Waals surface area contributed by atoms with Crippen LogP contribution in [0.1, 0.15) is 5.56 Å². The summed E-state index contributed by atoms with van der Waals surface area (Å²) in [4.78, 5) is 4.31. The molecular weight excluding hydrogens is 220 g/mol. The van der Waals surface area contributed by atoms with Crippen molar-refractivity contribution in [3.63, 3.8) is 0 Å². The molecule has 0 aliphatic heterocycles. The number of pyridine rings is 1. The van der Waals surface area contributed by atoms with Gasteiger partial charge < -0.3 is 5.73 Å². The molecular formula is C16H14N2. The van der Waals surface area contributed by atoms with Gasteiger partial charge in [-0.1, -0.05) is 35.9 Å². The molecule has 2 N–H and O–H groups in total. The van der Waals surface area contributed by atoms with Gasteiger partial charge in [-0.15, -0.1) is 0 Å². The maximum atomic E-state index is 5.99. The van der Waals surface area contributed by atoms with Crippen molar-refractivity contribution in [1.82, 2.24) is 4.98 Å². The normalized spacial score (nSPS) is 10.7. The average Bonchev–Trinajstić information content (AvgIpc) is 2.39. The molecule has 0 bridgehead atoms. The van der Waals surface area contributed by atoms with Gasteiger partial charge in [0.2, 0.25) is 0 Å². The predicted molar refractivity (Wildman–Crippen MR) is 76.3 cm³/mol. The molecule has 0 fully saturated rings. The number of nitrogens with zero attached hydrogens (tertiary/aromatic N) is 1. The summed E-state index contributed by atoms with van der Waals surface area (Å²) >= 11 is 0.